The van der Waals surface area contributed by atoms with Crippen LogP contribution in [-0.4, -0.2) is 102 Å². The van der Waals surface area contributed by atoms with Crippen LogP contribution < -0.4 is 0 Å². The van der Waals surface area contributed by atoms with Crippen molar-refractivity contribution in [1.29, 1.82) is 0 Å². The van der Waals surface area contributed by atoms with E-state index in [4.69, 9.17) is 46.0 Å². The topological polar surface area (TPSA) is 199 Å². The van der Waals surface area contributed by atoms with Crippen molar-refractivity contribution in [1.82, 2.24) is 0 Å². The van der Waals surface area contributed by atoms with Crippen LogP contribution in [0.15, 0.2) is 0 Å². The minimum atomic E-state index is -2.20. The van der Waals surface area contributed by atoms with Gasteiger partial charge in [-0.05, 0) is 19.3 Å². The molecule has 0 amide bonds. The van der Waals surface area contributed by atoms with Crippen LogP contribution in [0.3, 0.4) is 0 Å². The lowest BCUT2D eigenvalue weighted by Gasteiger charge is -2.23. The van der Waals surface area contributed by atoms with E-state index in [-0.39, 0.29) is 13.2 Å². The van der Waals surface area contributed by atoms with Crippen molar-refractivity contribution in [2.75, 3.05) is 19.8 Å². The van der Waals surface area contributed by atoms with Crippen molar-refractivity contribution in [3.05, 3.63) is 0 Å². The summed E-state index contributed by atoms with van der Waals surface area (Å²) in [5, 5.41) is 77.2. The van der Waals surface area contributed by atoms with Gasteiger partial charge in [-0.2, -0.15) is 0 Å². The number of hydrogen-bond donors (Lipinski definition) is 9. The van der Waals surface area contributed by atoms with E-state index in [2.05, 4.69) is 0 Å². The summed E-state index contributed by atoms with van der Waals surface area (Å²) in [6, 6.07) is 0. The molecule has 10 heteroatoms. The molecule has 9 N–H and O–H groups in total. The molecule has 0 heterocycles. The van der Waals surface area contributed by atoms with Crippen molar-refractivity contribution in [3.63, 3.8) is 0 Å². The van der Waals surface area contributed by atoms with E-state index >= 15 is 0 Å². The van der Waals surface area contributed by atoms with Gasteiger partial charge in [-0.3, -0.25) is 0 Å². The fourth-order valence-electron chi connectivity index (χ4n) is 1.25. The second kappa shape index (κ2) is 13.8. The van der Waals surface area contributed by atoms with Crippen LogP contribution >= 0.6 is 0 Å². The molecule has 0 aliphatic heterocycles. The maximum Gasteiger partial charge on any atom is 0.335 e. The molecular weight excluding hydrogens is 304 g/mol. The number of aliphatic hydroxyl groups is 8. The smallest absolute Gasteiger partial charge is 0.335 e. The standard InChI is InChI=1S/C6H12O7.C6H14O3/c7-1-2(8)3(9)4(10)5(11)6(12)13;7-4-2-1-3-6(9)5-8/h2-5,7-11H,1H2,(H,12,13);6-9H,1-5H2/t2-,3-,4+,5-;/m1./s1. The summed E-state index contributed by atoms with van der Waals surface area (Å²) in [6.07, 6.45) is -6.38. The third-order valence-electron chi connectivity index (χ3n) is 2.66. The van der Waals surface area contributed by atoms with E-state index < -0.39 is 43.1 Å². The van der Waals surface area contributed by atoms with Crippen molar-refractivity contribution in [3.8, 4) is 0 Å². The fourth-order valence-corrected chi connectivity index (χ4v) is 1.25. The average molecular weight is 330 g/mol. The van der Waals surface area contributed by atoms with Gasteiger partial charge in [0.2, 0.25) is 0 Å². The third-order valence-corrected chi connectivity index (χ3v) is 2.66. The molecule has 1 unspecified atom stereocenters. The van der Waals surface area contributed by atoms with Crippen molar-refractivity contribution >= 4 is 5.97 Å². The van der Waals surface area contributed by atoms with Crippen LogP contribution in [0.5, 0.6) is 0 Å². The lowest BCUT2D eigenvalue weighted by molar-refractivity contribution is -0.164. The highest BCUT2D eigenvalue weighted by molar-refractivity contribution is 5.72. The molecule has 0 fully saturated rings. The van der Waals surface area contributed by atoms with Crippen LogP contribution in [0.25, 0.3) is 0 Å². The van der Waals surface area contributed by atoms with Crippen LogP contribution in [0.4, 0.5) is 0 Å². The van der Waals surface area contributed by atoms with E-state index in [1.54, 1.807) is 0 Å². The first kappa shape index (κ1) is 23.4. The van der Waals surface area contributed by atoms with Gasteiger partial charge < -0.3 is 46.0 Å². The molecule has 0 aromatic heterocycles. The number of aliphatic hydroxyl groups excluding tert-OH is 8. The van der Waals surface area contributed by atoms with Gasteiger partial charge in [0.1, 0.15) is 18.3 Å². The van der Waals surface area contributed by atoms with E-state index in [9.17, 15) is 4.79 Å². The van der Waals surface area contributed by atoms with Crippen LogP contribution in [0.1, 0.15) is 19.3 Å². The van der Waals surface area contributed by atoms with Crippen LogP contribution in [0, 0.1) is 0 Å². The van der Waals surface area contributed by atoms with E-state index in [0.717, 1.165) is 6.42 Å². The second-order valence-electron chi connectivity index (χ2n) is 4.57. The van der Waals surface area contributed by atoms with Crippen LogP contribution in [-0.2, 0) is 4.79 Å². The van der Waals surface area contributed by atoms with Gasteiger partial charge >= 0.3 is 5.97 Å². The summed E-state index contributed by atoms with van der Waals surface area (Å²) in [7, 11) is 0. The first-order valence-electron chi connectivity index (χ1n) is 6.68. The largest absolute Gasteiger partial charge is 0.479 e. The van der Waals surface area contributed by atoms with Gasteiger partial charge in [0.15, 0.2) is 6.10 Å². The van der Waals surface area contributed by atoms with Gasteiger partial charge in [-0.25, -0.2) is 4.79 Å². The molecule has 0 bridgehead atoms. The van der Waals surface area contributed by atoms with Crippen molar-refractivity contribution in [2.24, 2.45) is 0 Å². The molecule has 0 saturated heterocycles. The molecular formula is C12H26O10. The Hall–Kier alpha value is -0.850. The summed E-state index contributed by atoms with van der Waals surface area (Å²) < 4.78 is 0. The fraction of sp³-hybridized carbons (Fsp3) is 0.917. The number of carboxylic acid groups (broad SMARTS) is 1. The number of aliphatic carboxylic acids is 1. The highest BCUT2D eigenvalue weighted by Gasteiger charge is 2.33. The quantitative estimate of drug-likeness (QED) is 0.178. The Morgan fingerprint density at radius 2 is 1.36 bits per heavy atom. The molecule has 5 atom stereocenters. The Morgan fingerprint density at radius 1 is 0.818 bits per heavy atom. The molecule has 0 spiro atoms. The molecule has 0 aliphatic carbocycles. The summed E-state index contributed by atoms with van der Waals surface area (Å²) in [4.78, 5) is 10.1. The van der Waals surface area contributed by atoms with Gasteiger partial charge in [0, 0.05) is 6.61 Å². The number of rotatable bonds is 10. The number of carboxylic acids is 1. The Morgan fingerprint density at radius 3 is 1.73 bits per heavy atom. The normalized spacial score (nSPS) is 17.6. The lowest BCUT2D eigenvalue weighted by atomic mass is 10.0. The van der Waals surface area contributed by atoms with E-state index in [1.807, 2.05) is 0 Å². The molecule has 134 valence electrons. The SMILES string of the molecule is O=C(O)[C@H](O)[C@@H](O)[C@H](O)[C@H](O)CO.OCCCCC(O)CO. The molecule has 0 rings (SSSR count). The maximum absolute atomic E-state index is 10.1. The highest BCUT2D eigenvalue weighted by atomic mass is 16.4. The minimum absolute atomic E-state index is 0.165. The van der Waals surface area contributed by atoms with E-state index in [1.165, 1.54) is 0 Å². The summed E-state index contributed by atoms with van der Waals surface area (Å²) in [6.45, 7) is -0.853. The van der Waals surface area contributed by atoms with Crippen LogP contribution in [0.2, 0.25) is 0 Å². The first-order valence-corrected chi connectivity index (χ1v) is 6.68. The zero-order chi connectivity index (χ0) is 17.7. The predicted octanol–water partition coefficient (Wildman–Crippen LogP) is -3.99. The van der Waals surface area contributed by atoms with Gasteiger partial charge in [0.25, 0.3) is 0 Å². The molecule has 10 nitrogen and oxygen atoms in total. The predicted molar refractivity (Wildman–Crippen MR) is 72.8 cm³/mol. The summed E-state index contributed by atoms with van der Waals surface area (Å²) in [5.41, 5.74) is 0. The molecule has 0 aromatic rings. The second-order valence-corrected chi connectivity index (χ2v) is 4.57. The number of unbranched alkanes of at least 4 members (excludes halogenated alkanes) is 1. The average Bonchev–Trinajstić information content (AvgIpc) is 2.52. The van der Waals surface area contributed by atoms with Gasteiger partial charge in [0.05, 0.1) is 19.3 Å². The summed E-state index contributed by atoms with van der Waals surface area (Å²) >= 11 is 0. The Bertz CT molecular complexity index is 275. The van der Waals surface area contributed by atoms with Crippen molar-refractivity contribution < 1.29 is 50.8 Å². The zero-order valence-corrected chi connectivity index (χ0v) is 12.1. The number of carbonyl (C=O) groups is 1. The Kier molecular flexibility index (Phi) is 14.7. The summed E-state index contributed by atoms with van der Waals surface area (Å²) in [5.74, 6) is -1.73. The zero-order valence-electron chi connectivity index (χ0n) is 12.1. The molecule has 22 heavy (non-hydrogen) atoms. The Labute approximate surface area is 127 Å². The lowest BCUT2D eigenvalue weighted by Crippen LogP contribution is -2.48. The molecule has 0 aromatic carbocycles. The maximum atomic E-state index is 10.1. The van der Waals surface area contributed by atoms with Crippen molar-refractivity contribution in [2.45, 2.75) is 49.8 Å². The highest BCUT2D eigenvalue weighted by Crippen LogP contribution is 2.04. The van der Waals surface area contributed by atoms with Gasteiger partial charge in [-0.1, -0.05) is 0 Å². The number of hydrogen-bond acceptors (Lipinski definition) is 9. The monoisotopic (exact) mass is 330 g/mol. The Balaban J connectivity index is 0. The molecule has 0 saturated carbocycles. The van der Waals surface area contributed by atoms with Gasteiger partial charge in [-0.15, -0.1) is 0 Å². The third kappa shape index (κ3) is 10.8. The molecule has 0 radical (unpaired) electrons. The minimum Gasteiger partial charge on any atom is -0.479 e. The van der Waals surface area contributed by atoms with E-state index in [0.29, 0.717) is 12.8 Å². The molecule has 0 aliphatic rings. The first-order chi connectivity index (χ1) is 10.2.